The molecule has 0 aliphatic rings. The molecule has 11 aromatic rings. The third-order valence-corrected chi connectivity index (χ3v) is 13.2. The lowest BCUT2D eigenvalue weighted by molar-refractivity contribution is -0.571. The third-order valence-electron chi connectivity index (χ3n) is 13.2. The van der Waals surface area contributed by atoms with Crippen molar-refractivity contribution < 1.29 is 16.2 Å². The van der Waals surface area contributed by atoms with E-state index >= 15 is 0 Å². The molecule has 0 saturated heterocycles. The van der Waals surface area contributed by atoms with Gasteiger partial charge in [-0.25, -0.2) is 4.98 Å². The van der Waals surface area contributed by atoms with Crippen LogP contribution in [0.2, 0.25) is 0 Å². The van der Waals surface area contributed by atoms with Gasteiger partial charge < -0.3 is 4.74 Å². The quantitative estimate of drug-likeness (QED) is 0.107. The smallest absolute Gasteiger partial charge is 0.269 e. The molecule has 0 spiro atoms. The maximum atomic E-state index is 9.22. The zero-order valence-electron chi connectivity index (χ0n) is 45.1. The third kappa shape index (κ3) is 8.08. The number of hydrogen-bond donors (Lipinski definition) is 0. The summed E-state index contributed by atoms with van der Waals surface area (Å²) in [6.45, 7) is 15.4. The Morgan fingerprint density at radius 3 is 1.96 bits per heavy atom. The van der Waals surface area contributed by atoms with E-state index in [-0.39, 0.29) is 28.5 Å². The van der Waals surface area contributed by atoms with Crippen LogP contribution in [0.15, 0.2) is 200 Å². The molecule has 0 unspecified atom stereocenters. The zero-order valence-corrected chi connectivity index (χ0v) is 40.1. The fourth-order valence-corrected chi connectivity index (χ4v) is 9.53. The van der Waals surface area contributed by atoms with Crippen LogP contribution in [0.3, 0.4) is 0 Å². The highest BCUT2D eigenvalue weighted by molar-refractivity contribution is 6.09. The summed E-state index contributed by atoms with van der Waals surface area (Å²) in [7, 11) is 0. The molecular weight excluding hydrogens is 841 g/mol. The predicted octanol–water partition coefficient (Wildman–Crippen LogP) is 16.2. The first-order chi connectivity index (χ1) is 35.5. The summed E-state index contributed by atoms with van der Waals surface area (Å²) in [5.74, 6) is 2.12. The van der Waals surface area contributed by atoms with Crippen molar-refractivity contribution in [3.05, 3.63) is 223 Å². The fourth-order valence-electron chi connectivity index (χ4n) is 9.53. The molecule has 0 aliphatic carbocycles. The summed E-state index contributed by atoms with van der Waals surface area (Å²) in [5.41, 5.74) is 12.9. The predicted molar refractivity (Wildman–Crippen MR) is 285 cm³/mol. The average molecular weight is 902 g/mol. The Morgan fingerprint density at radius 1 is 0.565 bits per heavy atom. The van der Waals surface area contributed by atoms with Gasteiger partial charge in [-0.1, -0.05) is 194 Å². The van der Waals surface area contributed by atoms with Gasteiger partial charge in [0.05, 0.1) is 40.3 Å². The minimum atomic E-state index is -0.439. The number of aryl methyl sites for hydroxylation is 1. The van der Waals surface area contributed by atoms with Gasteiger partial charge in [-0.2, -0.15) is 0 Å². The van der Waals surface area contributed by atoms with Gasteiger partial charge in [-0.05, 0) is 104 Å². The van der Waals surface area contributed by atoms with Crippen molar-refractivity contribution in [2.75, 3.05) is 0 Å². The molecule has 0 atom stereocenters. The van der Waals surface area contributed by atoms with Crippen molar-refractivity contribution in [3.8, 4) is 62.1 Å². The van der Waals surface area contributed by atoms with E-state index in [4.69, 9.17) is 13.8 Å². The lowest BCUT2D eigenvalue weighted by Crippen LogP contribution is -2.31. The monoisotopic (exact) mass is 901 g/mol. The van der Waals surface area contributed by atoms with Gasteiger partial charge >= 0.3 is 0 Å². The number of rotatable bonds is 9. The summed E-state index contributed by atoms with van der Waals surface area (Å²) in [6, 6.07) is 54.0. The van der Waals surface area contributed by atoms with Crippen LogP contribution < -0.4 is 9.30 Å². The average Bonchev–Trinajstić information content (AvgIpc) is 3.95. The first-order valence-corrected chi connectivity index (χ1v) is 23.7. The Kier molecular flexibility index (Phi) is 9.50. The second-order valence-corrected chi connectivity index (χ2v) is 19.8. The van der Waals surface area contributed by atoms with E-state index in [0.29, 0.717) is 22.7 Å². The van der Waals surface area contributed by atoms with Gasteiger partial charge in [-0.15, -0.1) is 0 Å². The highest BCUT2D eigenvalue weighted by Crippen LogP contribution is 2.40. The molecule has 0 saturated carbocycles. The van der Waals surface area contributed by atoms with Gasteiger partial charge in [0.25, 0.3) is 6.33 Å². The number of imidazole rings is 1. The van der Waals surface area contributed by atoms with Crippen LogP contribution in [0.25, 0.3) is 83.4 Å². The summed E-state index contributed by atoms with van der Waals surface area (Å²) in [5, 5.41) is 2.22. The van der Waals surface area contributed by atoms with Crippen LogP contribution in [-0.4, -0.2) is 14.1 Å². The van der Waals surface area contributed by atoms with Crippen LogP contribution in [0.5, 0.6) is 11.5 Å². The second kappa shape index (κ2) is 17.2. The van der Waals surface area contributed by atoms with Crippen molar-refractivity contribution in [2.24, 2.45) is 0 Å². The highest BCUT2D eigenvalue weighted by atomic mass is 16.5. The van der Waals surface area contributed by atoms with Gasteiger partial charge in [0.15, 0.2) is 0 Å². The van der Waals surface area contributed by atoms with Crippen LogP contribution in [0, 0.1) is 6.33 Å². The first kappa shape index (κ1) is 38.0. The number of nitrogens with zero attached hydrogens (tertiary/aromatic N) is 4. The van der Waals surface area contributed by atoms with Gasteiger partial charge in [0, 0.05) is 28.6 Å². The van der Waals surface area contributed by atoms with E-state index in [1.807, 2.05) is 88.1 Å². The van der Waals surface area contributed by atoms with Gasteiger partial charge in [0.2, 0.25) is 0 Å². The zero-order chi connectivity index (χ0) is 51.8. The Hall–Kier alpha value is -8.02. The lowest BCUT2D eigenvalue weighted by atomic mass is 9.78. The van der Waals surface area contributed by atoms with Gasteiger partial charge in [0.1, 0.15) is 17.3 Å². The van der Waals surface area contributed by atoms with Crippen molar-refractivity contribution in [1.29, 1.82) is 0 Å². The molecule has 0 radical (unpaired) electrons. The topological polar surface area (TPSA) is 35.9 Å². The van der Waals surface area contributed by atoms with Crippen molar-refractivity contribution in [1.82, 2.24) is 14.1 Å². The largest absolute Gasteiger partial charge is 0.458 e. The van der Waals surface area contributed by atoms with E-state index in [0.717, 1.165) is 84.1 Å². The Balaban J connectivity index is 1.06. The molecule has 0 N–H and O–H groups in total. The molecule has 69 heavy (non-hydrogen) atoms. The second-order valence-electron chi connectivity index (χ2n) is 19.8. The minimum Gasteiger partial charge on any atom is -0.458 e. The number of ether oxygens (including phenoxy) is 1. The normalized spacial score (nSPS) is 13.1. The van der Waals surface area contributed by atoms with E-state index in [9.17, 15) is 2.74 Å². The Morgan fingerprint density at radius 2 is 1.22 bits per heavy atom. The van der Waals surface area contributed by atoms with Crippen molar-refractivity contribution in [3.63, 3.8) is 0 Å². The van der Waals surface area contributed by atoms with Crippen LogP contribution in [0.4, 0.5) is 0 Å². The molecule has 0 bridgehead atoms. The van der Waals surface area contributed by atoms with E-state index in [1.165, 1.54) is 5.56 Å². The van der Waals surface area contributed by atoms with Crippen LogP contribution >= 0.6 is 0 Å². The molecule has 0 amide bonds. The standard InChI is InChI=1S/C64H56N4O/c1-8-43-37-61(65-41-56(43)45-23-13-10-14-24-45)68-57-30-16-15-27-54(57)55-34-33-51(40-60(55)68)69-50-26-19-25-49(39-50)66-42-67(59-32-18-17-31-58(59)66)62-52(44-21-11-9-12-22-44)28-20-29-53(62)46-35-47(63(2,3)4)38-48(36-46)64(5,6)7/h9-41H,8H2,1-7H3/i9D,11D,12D,21D,22D. The summed E-state index contributed by atoms with van der Waals surface area (Å²) >= 11 is 0. The molecule has 5 nitrogen and oxygen atoms in total. The Labute approximate surface area is 412 Å². The summed E-state index contributed by atoms with van der Waals surface area (Å²) in [4.78, 5) is 5.08. The van der Waals surface area contributed by atoms with E-state index in [2.05, 4.69) is 150 Å². The lowest BCUT2D eigenvalue weighted by Gasteiger charge is -2.27. The number of para-hydroxylation sites is 4. The van der Waals surface area contributed by atoms with Crippen LogP contribution in [0.1, 0.15) is 72.0 Å². The van der Waals surface area contributed by atoms with E-state index in [1.54, 1.807) is 0 Å². The fraction of sp³-hybridized carbons (Fsp3) is 0.156. The molecule has 8 aromatic carbocycles. The number of fused-ring (bicyclic) bond motifs is 4. The minimum absolute atomic E-state index is 0.116. The first-order valence-electron chi connectivity index (χ1n) is 26.2. The number of hydrogen-bond acceptors (Lipinski definition) is 2. The molecule has 5 heteroatoms. The molecule has 3 heterocycles. The molecule has 0 aliphatic heterocycles. The number of pyridine rings is 1. The van der Waals surface area contributed by atoms with Crippen molar-refractivity contribution >= 4 is 32.8 Å². The maximum absolute atomic E-state index is 9.22. The molecular formula is C64H56N4O. The number of benzene rings is 8. The SMILES string of the molecule is [2H]c1c([2H])c([2H])c(-c2cccc(-c3cc(C(C)(C)C)cc(C(C)(C)C)c3)c2-[n+]2[c-]n(-c3cccc(Oc4ccc5c6ccccc6n(-c6cc(CC)c(-c7ccccc7)cn6)c5c4)c3)c3ccccc32)c([2H])c1[2H]. The molecule has 3 aromatic heterocycles. The summed E-state index contributed by atoms with van der Waals surface area (Å²) in [6.07, 6.45) is 6.55. The van der Waals surface area contributed by atoms with Crippen molar-refractivity contribution in [2.45, 2.75) is 65.7 Å². The summed E-state index contributed by atoms with van der Waals surface area (Å²) < 4.78 is 57.4. The number of aromatic nitrogens is 4. The molecule has 338 valence electrons. The molecule has 11 rings (SSSR count). The van der Waals surface area contributed by atoms with E-state index < -0.39 is 18.1 Å². The van der Waals surface area contributed by atoms with Crippen LogP contribution in [-0.2, 0) is 17.3 Å². The maximum Gasteiger partial charge on any atom is 0.269 e. The van der Waals surface area contributed by atoms with Gasteiger partial charge in [-0.3, -0.25) is 13.7 Å². The highest BCUT2D eigenvalue weighted by Gasteiger charge is 2.25. The molecule has 0 fully saturated rings. The Bertz CT molecular complexity index is 3950.